The highest BCUT2D eigenvalue weighted by atomic mass is 19.1. The molecule has 9 nitrogen and oxygen atoms in total. The molecule has 160 valence electrons. The number of hydrogen-bond donors (Lipinski definition) is 0. The Balaban J connectivity index is 1.42. The fourth-order valence-corrected chi connectivity index (χ4v) is 3.38. The monoisotopic (exact) mass is 435 g/mol. The second kappa shape index (κ2) is 7.76. The van der Waals surface area contributed by atoms with Crippen molar-refractivity contribution < 1.29 is 13.3 Å². The van der Waals surface area contributed by atoms with Gasteiger partial charge in [-0.25, -0.2) is 18.4 Å². The third-order valence-electron chi connectivity index (χ3n) is 4.91. The van der Waals surface area contributed by atoms with Crippen LogP contribution >= 0.6 is 0 Å². The molecule has 2 aromatic carbocycles. The van der Waals surface area contributed by atoms with E-state index in [0.717, 1.165) is 17.2 Å². The number of rotatable bonds is 5. The van der Waals surface area contributed by atoms with Crippen LogP contribution in [0.5, 0.6) is 0 Å². The Bertz CT molecular complexity index is 1490. The third kappa shape index (κ3) is 3.64. The number of halogens is 2. The first-order chi connectivity index (χ1) is 15.5. The van der Waals surface area contributed by atoms with Crippen LogP contribution in [0.1, 0.15) is 17.0 Å². The normalized spacial score (nSPS) is 11.3. The lowest BCUT2D eigenvalue weighted by Gasteiger charge is -2.04. The molecule has 5 rings (SSSR count). The van der Waals surface area contributed by atoms with Crippen LogP contribution in [0.15, 0.2) is 58.1 Å². The fraction of sp³-hybridized carbons (Fsp3) is 0.143. The highest BCUT2D eigenvalue weighted by Gasteiger charge is 2.16. The van der Waals surface area contributed by atoms with E-state index in [1.54, 1.807) is 0 Å². The summed E-state index contributed by atoms with van der Waals surface area (Å²) in [6.45, 7) is 1.95. The fourth-order valence-electron chi connectivity index (χ4n) is 3.38. The molecule has 0 amide bonds. The van der Waals surface area contributed by atoms with Crippen molar-refractivity contribution in [3.63, 3.8) is 0 Å². The average Bonchev–Trinajstić information content (AvgIpc) is 3.37. The highest BCUT2D eigenvalue weighted by Crippen LogP contribution is 2.20. The van der Waals surface area contributed by atoms with Crippen LogP contribution in [0.3, 0.4) is 0 Å². The Morgan fingerprint density at radius 1 is 1.06 bits per heavy atom. The number of fused-ring (bicyclic) bond motifs is 1. The van der Waals surface area contributed by atoms with Crippen LogP contribution < -0.4 is 5.56 Å². The minimum Gasteiger partial charge on any atom is -0.337 e. The van der Waals surface area contributed by atoms with Crippen molar-refractivity contribution in [3.05, 3.63) is 87.8 Å². The summed E-state index contributed by atoms with van der Waals surface area (Å²) >= 11 is 0. The van der Waals surface area contributed by atoms with E-state index >= 15 is 0 Å². The van der Waals surface area contributed by atoms with Crippen molar-refractivity contribution in [2.45, 2.75) is 20.0 Å². The van der Waals surface area contributed by atoms with E-state index < -0.39 is 17.2 Å². The predicted octanol–water partition coefficient (Wildman–Crippen LogP) is 2.72. The second-order valence-corrected chi connectivity index (χ2v) is 7.20. The van der Waals surface area contributed by atoms with Crippen LogP contribution in [-0.4, -0.2) is 34.7 Å². The van der Waals surface area contributed by atoms with Gasteiger partial charge in [-0.3, -0.25) is 9.36 Å². The maximum absolute atomic E-state index is 13.5. The Kier molecular flexibility index (Phi) is 4.77. The van der Waals surface area contributed by atoms with Gasteiger partial charge in [-0.2, -0.15) is 4.98 Å². The number of aryl methyl sites for hydroxylation is 1. The maximum atomic E-state index is 13.5. The summed E-state index contributed by atoms with van der Waals surface area (Å²) < 4.78 is 34.8. The summed E-state index contributed by atoms with van der Waals surface area (Å²) in [7, 11) is 0. The van der Waals surface area contributed by atoms with E-state index in [9.17, 15) is 13.6 Å². The number of benzene rings is 2. The minimum atomic E-state index is -0.704. The van der Waals surface area contributed by atoms with Crippen LogP contribution in [-0.2, 0) is 13.1 Å². The molecule has 11 heteroatoms. The number of hydrogen-bond acceptors (Lipinski definition) is 7. The zero-order valence-corrected chi connectivity index (χ0v) is 16.7. The van der Waals surface area contributed by atoms with E-state index in [-0.39, 0.29) is 30.1 Å². The lowest BCUT2D eigenvalue weighted by Crippen LogP contribution is -2.21. The molecule has 0 aliphatic heterocycles. The molecular weight excluding hydrogens is 420 g/mol. The molecule has 0 saturated heterocycles. The molecule has 0 atom stereocenters. The van der Waals surface area contributed by atoms with Crippen molar-refractivity contribution >= 4 is 11.2 Å². The number of nitrogens with zero attached hydrogens (tertiary/aromatic N) is 7. The Labute approximate surface area is 179 Å². The number of aromatic nitrogens is 7. The SMILES string of the molecule is Cc1ccccc1-c1noc(Cn2cnc3c(nnn3Cc3cc(F)cc(F)c3)c2=O)n1. The summed E-state index contributed by atoms with van der Waals surface area (Å²) in [5.41, 5.74) is 1.91. The molecule has 0 radical (unpaired) electrons. The molecule has 32 heavy (non-hydrogen) atoms. The predicted molar refractivity (Wildman–Crippen MR) is 109 cm³/mol. The Morgan fingerprint density at radius 2 is 1.84 bits per heavy atom. The molecule has 0 bridgehead atoms. The van der Waals surface area contributed by atoms with Crippen LogP contribution in [0.2, 0.25) is 0 Å². The van der Waals surface area contributed by atoms with E-state index in [1.165, 1.54) is 27.7 Å². The van der Waals surface area contributed by atoms with Crippen molar-refractivity contribution in [2.24, 2.45) is 0 Å². The Hall–Kier alpha value is -4.28. The van der Waals surface area contributed by atoms with Gasteiger partial charge in [-0.05, 0) is 30.2 Å². The van der Waals surface area contributed by atoms with Gasteiger partial charge in [-0.15, -0.1) is 5.10 Å². The van der Waals surface area contributed by atoms with Crippen LogP contribution in [0.4, 0.5) is 8.78 Å². The first-order valence-electron chi connectivity index (χ1n) is 9.60. The minimum absolute atomic E-state index is 0.00260. The van der Waals surface area contributed by atoms with Crippen molar-refractivity contribution in [1.82, 2.24) is 34.7 Å². The van der Waals surface area contributed by atoms with Gasteiger partial charge in [0, 0.05) is 11.6 Å². The largest absolute Gasteiger partial charge is 0.337 e. The third-order valence-corrected chi connectivity index (χ3v) is 4.91. The first kappa shape index (κ1) is 19.7. The van der Waals surface area contributed by atoms with E-state index in [4.69, 9.17) is 4.52 Å². The smallest absolute Gasteiger partial charge is 0.283 e. The van der Waals surface area contributed by atoms with Gasteiger partial charge in [0.2, 0.25) is 11.7 Å². The van der Waals surface area contributed by atoms with Gasteiger partial charge in [0.25, 0.3) is 5.56 Å². The van der Waals surface area contributed by atoms with Gasteiger partial charge in [0.15, 0.2) is 11.2 Å². The Morgan fingerprint density at radius 3 is 2.62 bits per heavy atom. The molecule has 0 spiro atoms. The van der Waals surface area contributed by atoms with Gasteiger partial charge < -0.3 is 4.52 Å². The van der Waals surface area contributed by atoms with E-state index in [0.29, 0.717) is 11.4 Å². The van der Waals surface area contributed by atoms with Crippen LogP contribution in [0, 0.1) is 18.6 Å². The van der Waals surface area contributed by atoms with Crippen molar-refractivity contribution in [1.29, 1.82) is 0 Å². The second-order valence-electron chi connectivity index (χ2n) is 7.20. The maximum Gasteiger partial charge on any atom is 0.283 e. The van der Waals surface area contributed by atoms with E-state index in [1.807, 2.05) is 31.2 Å². The molecular formula is C21H15F2N7O2. The topological polar surface area (TPSA) is 105 Å². The lowest BCUT2D eigenvalue weighted by atomic mass is 10.1. The van der Waals surface area contributed by atoms with Gasteiger partial charge in [-0.1, -0.05) is 34.6 Å². The molecule has 0 aliphatic carbocycles. The lowest BCUT2D eigenvalue weighted by molar-refractivity contribution is 0.369. The quantitative estimate of drug-likeness (QED) is 0.418. The molecule has 0 aliphatic rings. The molecule has 0 N–H and O–H groups in total. The molecule has 0 unspecified atom stereocenters. The first-order valence-corrected chi connectivity index (χ1v) is 9.60. The van der Waals surface area contributed by atoms with Gasteiger partial charge in [0.05, 0.1) is 6.54 Å². The summed E-state index contributed by atoms with van der Waals surface area (Å²) in [5.74, 6) is -0.753. The zero-order valence-electron chi connectivity index (χ0n) is 16.7. The summed E-state index contributed by atoms with van der Waals surface area (Å²) in [6.07, 6.45) is 1.31. The summed E-state index contributed by atoms with van der Waals surface area (Å²) in [6, 6.07) is 10.8. The molecule has 0 saturated carbocycles. The van der Waals surface area contributed by atoms with Crippen LogP contribution in [0.25, 0.3) is 22.6 Å². The van der Waals surface area contributed by atoms with Crippen molar-refractivity contribution in [2.75, 3.05) is 0 Å². The highest BCUT2D eigenvalue weighted by molar-refractivity contribution is 5.67. The molecule has 0 fully saturated rings. The summed E-state index contributed by atoms with van der Waals surface area (Å²) in [5, 5.41) is 11.8. The molecule has 3 heterocycles. The average molecular weight is 435 g/mol. The molecule has 3 aromatic heterocycles. The molecule has 5 aromatic rings. The van der Waals surface area contributed by atoms with Gasteiger partial charge >= 0.3 is 0 Å². The standard InChI is InChI=1S/C21H15F2N7O2/c1-12-4-2-3-5-16(12)19-25-17(32-27-19)10-29-11-24-20-18(21(29)31)26-28-30(20)9-13-6-14(22)8-15(23)7-13/h2-8,11H,9-10H2,1H3. The van der Waals surface area contributed by atoms with E-state index in [2.05, 4.69) is 25.4 Å². The van der Waals surface area contributed by atoms with Gasteiger partial charge in [0.1, 0.15) is 24.5 Å². The zero-order chi connectivity index (χ0) is 22.2. The van der Waals surface area contributed by atoms with Crippen molar-refractivity contribution in [3.8, 4) is 11.4 Å². The summed E-state index contributed by atoms with van der Waals surface area (Å²) in [4.78, 5) is 21.4.